The van der Waals surface area contributed by atoms with E-state index >= 15 is 0 Å². The minimum atomic E-state index is -2.22. The van der Waals surface area contributed by atoms with Gasteiger partial charge >= 0.3 is 0 Å². The molecule has 0 aromatic carbocycles. The van der Waals surface area contributed by atoms with Gasteiger partial charge in [-0.3, -0.25) is 0 Å². The van der Waals surface area contributed by atoms with Gasteiger partial charge in [0.25, 0.3) is 8.05 Å². The van der Waals surface area contributed by atoms with Crippen molar-refractivity contribution in [2.75, 3.05) is 6.61 Å². The topological polar surface area (TPSA) is 9.23 Å². The van der Waals surface area contributed by atoms with E-state index in [1.54, 1.807) is 0 Å². The van der Waals surface area contributed by atoms with Crippen molar-refractivity contribution in [1.82, 2.24) is 0 Å². The molecule has 0 bridgehead atoms. The first-order valence-corrected chi connectivity index (χ1v) is 2.04. The van der Waals surface area contributed by atoms with Crippen LogP contribution < -0.4 is 0 Å². The van der Waals surface area contributed by atoms with E-state index < -0.39 is 6.43 Å². The molecule has 0 saturated carbocycles. The van der Waals surface area contributed by atoms with Gasteiger partial charge in [0.15, 0.2) is 0 Å². The number of halogens is 2. The maximum atomic E-state index is 11.1. The van der Waals surface area contributed by atoms with Crippen molar-refractivity contribution in [1.29, 1.82) is 0 Å². The fourth-order valence-electron chi connectivity index (χ4n) is 0.207. The highest BCUT2D eigenvalue weighted by Crippen LogP contribution is 1.96. The SMILES string of the molecule is BOCCC(F)F. The number of rotatable bonds is 3. The van der Waals surface area contributed by atoms with E-state index in [4.69, 9.17) is 0 Å². The van der Waals surface area contributed by atoms with E-state index in [-0.39, 0.29) is 13.0 Å². The Labute approximate surface area is 42.1 Å². The summed E-state index contributed by atoms with van der Waals surface area (Å²) in [5.74, 6) is 0. The Balaban J connectivity index is 2.68. The monoisotopic (exact) mass is 108 g/mol. The summed E-state index contributed by atoms with van der Waals surface area (Å²) in [5, 5.41) is 0. The number of hydrogen-bond acceptors (Lipinski definition) is 1. The van der Waals surface area contributed by atoms with Crippen LogP contribution in [-0.4, -0.2) is 21.1 Å². The lowest BCUT2D eigenvalue weighted by molar-refractivity contribution is 0.116. The second kappa shape index (κ2) is 4.05. The van der Waals surface area contributed by atoms with Gasteiger partial charge in [0.1, 0.15) is 0 Å². The molecule has 0 saturated heterocycles. The Morgan fingerprint density at radius 1 is 1.57 bits per heavy atom. The van der Waals surface area contributed by atoms with Crippen LogP contribution in [0.3, 0.4) is 0 Å². The van der Waals surface area contributed by atoms with E-state index in [1.165, 1.54) is 8.05 Å². The van der Waals surface area contributed by atoms with E-state index in [0.717, 1.165) is 0 Å². The number of hydrogen-bond donors (Lipinski definition) is 0. The molecule has 4 heteroatoms. The minimum Gasteiger partial charge on any atom is -0.444 e. The molecule has 0 fully saturated rings. The highest BCUT2D eigenvalue weighted by Gasteiger charge is 1.98. The first-order chi connectivity index (χ1) is 3.27. The molecule has 42 valence electrons. The zero-order chi connectivity index (χ0) is 5.70. The van der Waals surface area contributed by atoms with E-state index in [2.05, 4.69) is 4.65 Å². The average Bonchev–Trinajstić information content (AvgIpc) is 1.61. The zero-order valence-corrected chi connectivity index (χ0v) is 4.16. The summed E-state index contributed by atoms with van der Waals surface area (Å²) in [6.45, 7) is 0.150. The van der Waals surface area contributed by atoms with E-state index in [0.29, 0.717) is 0 Å². The molecule has 0 aromatic heterocycles. The molecular formula is C3H7BF2O. The van der Waals surface area contributed by atoms with Crippen molar-refractivity contribution in [3.63, 3.8) is 0 Å². The highest BCUT2D eigenvalue weighted by atomic mass is 19.3. The standard InChI is InChI=1S/C3H7BF2O/c4-7-2-1-3(5)6/h3H,1-2,4H2. The highest BCUT2D eigenvalue weighted by molar-refractivity contribution is 5.97. The summed E-state index contributed by atoms with van der Waals surface area (Å²) in [5.41, 5.74) is 0. The fourth-order valence-corrected chi connectivity index (χ4v) is 0.207. The maximum absolute atomic E-state index is 11.1. The Bertz CT molecular complexity index is 41.9. The molecule has 0 aliphatic rings. The Morgan fingerprint density at radius 3 is 2.29 bits per heavy atom. The van der Waals surface area contributed by atoms with Crippen LogP contribution in [0.25, 0.3) is 0 Å². The molecule has 0 heterocycles. The van der Waals surface area contributed by atoms with Crippen LogP contribution in [0.4, 0.5) is 8.78 Å². The molecule has 1 nitrogen and oxygen atoms in total. The van der Waals surface area contributed by atoms with Crippen molar-refractivity contribution >= 4 is 8.05 Å². The summed E-state index contributed by atoms with van der Waals surface area (Å²) in [6, 6.07) is 0. The third-order valence-corrected chi connectivity index (χ3v) is 0.540. The third kappa shape index (κ3) is 5.88. The first kappa shape index (κ1) is 6.88. The largest absolute Gasteiger partial charge is 0.444 e. The molecular weight excluding hydrogens is 101 g/mol. The molecule has 0 amide bonds. The Kier molecular flexibility index (Phi) is 3.99. The molecule has 0 aliphatic carbocycles. The minimum absolute atomic E-state index is 0.150. The summed E-state index contributed by atoms with van der Waals surface area (Å²) >= 11 is 0. The van der Waals surface area contributed by atoms with Gasteiger partial charge in [0.2, 0.25) is 6.43 Å². The Hall–Kier alpha value is -0.115. The molecule has 0 unspecified atom stereocenters. The second-order valence-electron chi connectivity index (χ2n) is 1.17. The smallest absolute Gasteiger partial charge is 0.257 e. The lowest BCUT2D eigenvalue weighted by Crippen LogP contribution is -1.97. The van der Waals surface area contributed by atoms with Gasteiger partial charge in [-0.1, -0.05) is 0 Å². The lowest BCUT2D eigenvalue weighted by Gasteiger charge is -1.94. The third-order valence-electron chi connectivity index (χ3n) is 0.540. The molecule has 7 heavy (non-hydrogen) atoms. The summed E-state index contributed by atoms with van der Waals surface area (Å²) in [7, 11) is 1.41. The van der Waals surface area contributed by atoms with Crippen molar-refractivity contribution in [2.24, 2.45) is 0 Å². The summed E-state index contributed by atoms with van der Waals surface area (Å²) in [4.78, 5) is 0. The van der Waals surface area contributed by atoms with Crippen LogP contribution in [-0.2, 0) is 4.65 Å². The fraction of sp³-hybridized carbons (Fsp3) is 1.00. The molecule has 0 atom stereocenters. The van der Waals surface area contributed by atoms with E-state index in [9.17, 15) is 8.78 Å². The summed E-state index contributed by atoms with van der Waals surface area (Å²) < 4.78 is 26.7. The quantitative estimate of drug-likeness (QED) is 0.469. The van der Waals surface area contributed by atoms with Crippen molar-refractivity contribution in [2.45, 2.75) is 12.8 Å². The van der Waals surface area contributed by atoms with Gasteiger partial charge < -0.3 is 4.65 Å². The van der Waals surface area contributed by atoms with Crippen LogP contribution in [0.2, 0.25) is 0 Å². The normalized spacial score (nSPS) is 10.1. The van der Waals surface area contributed by atoms with Crippen LogP contribution in [0.15, 0.2) is 0 Å². The van der Waals surface area contributed by atoms with Crippen molar-refractivity contribution in [3.05, 3.63) is 0 Å². The maximum Gasteiger partial charge on any atom is 0.257 e. The molecule has 0 aromatic rings. The number of alkyl halides is 2. The first-order valence-electron chi connectivity index (χ1n) is 2.04. The van der Waals surface area contributed by atoms with Gasteiger partial charge in [0, 0.05) is 13.0 Å². The lowest BCUT2D eigenvalue weighted by atomic mass is 10.4. The van der Waals surface area contributed by atoms with Gasteiger partial charge in [-0.05, 0) is 0 Å². The van der Waals surface area contributed by atoms with Crippen molar-refractivity contribution < 1.29 is 13.4 Å². The average molecular weight is 108 g/mol. The van der Waals surface area contributed by atoms with Gasteiger partial charge in [-0.15, -0.1) is 0 Å². The van der Waals surface area contributed by atoms with Gasteiger partial charge in [-0.25, -0.2) is 8.78 Å². The van der Waals surface area contributed by atoms with Gasteiger partial charge in [-0.2, -0.15) is 0 Å². The van der Waals surface area contributed by atoms with Crippen LogP contribution in [0, 0.1) is 0 Å². The summed E-state index contributed by atoms with van der Waals surface area (Å²) in [6.07, 6.45) is -2.38. The zero-order valence-electron chi connectivity index (χ0n) is 4.16. The predicted octanol–water partition coefficient (Wildman–Crippen LogP) is 0.206. The molecule has 0 radical (unpaired) electrons. The molecule has 0 spiro atoms. The Morgan fingerprint density at radius 2 is 2.14 bits per heavy atom. The predicted molar refractivity (Wildman–Crippen MR) is 25.1 cm³/mol. The second-order valence-corrected chi connectivity index (χ2v) is 1.17. The molecule has 0 rings (SSSR count). The van der Waals surface area contributed by atoms with Crippen molar-refractivity contribution in [3.8, 4) is 0 Å². The van der Waals surface area contributed by atoms with E-state index in [1.807, 2.05) is 0 Å². The molecule has 0 aliphatic heterocycles. The van der Waals surface area contributed by atoms with Crippen LogP contribution in [0.1, 0.15) is 6.42 Å². The van der Waals surface area contributed by atoms with Crippen LogP contribution in [0.5, 0.6) is 0 Å². The molecule has 0 N–H and O–H groups in total. The van der Waals surface area contributed by atoms with Gasteiger partial charge in [0.05, 0.1) is 0 Å². The van der Waals surface area contributed by atoms with Crippen LogP contribution >= 0.6 is 0 Å².